The second-order valence-corrected chi connectivity index (χ2v) is 3.22. The van der Waals surface area contributed by atoms with Gasteiger partial charge in [-0.2, -0.15) is 0 Å². The van der Waals surface area contributed by atoms with E-state index < -0.39 is 0 Å². The largest absolute Gasteiger partial charge is 0.342 e. The number of aromatic nitrogens is 2. The van der Waals surface area contributed by atoms with Crippen LogP contribution in [0.1, 0.15) is 15.4 Å². The van der Waals surface area contributed by atoms with E-state index in [-0.39, 0.29) is 5.78 Å². The molecule has 2 heterocycles. The highest BCUT2D eigenvalue weighted by atomic mass is 32.1. The Morgan fingerprint density at radius 1 is 1.58 bits per heavy atom. The molecule has 0 aliphatic heterocycles. The molecule has 60 valence electrons. The van der Waals surface area contributed by atoms with Crippen molar-refractivity contribution in [2.75, 3.05) is 0 Å². The van der Waals surface area contributed by atoms with Crippen LogP contribution in [0.5, 0.6) is 0 Å². The van der Waals surface area contributed by atoms with Gasteiger partial charge in [0, 0.05) is 0 Å². The highest BCUT2D eigenvalue weighted by Gasteiger charge is 2.09. The lowest BCUT2D eigenvalue weighted by Gasteiger charge is -1.89. The van der Waals surface area contributed by atoms with E-state index in [0.717, 1.165) is 4.88 Å². The Balaban J connectivity index is 2.34. The summed E-state index contributed by atoms with van der Waals surface area (Å²) in [5.74, 6) is 0.00231. The molecule has 0 fully saturated rings. The van der Waals surface area contributed by atoms with Crippen LogP contribution in [0.25, 0.3) is 0 Å². The highest BCUT2D eigenvalue weighted by Crippen LogP contribution is 2.12. The summed E-state index contributed by atoms with van der Waals surface area (Å²) in [6, 6.07) is 3.65. The van der Waals surface area contributed by atoms with E-state index in [0.29, 0.717) is 5.69 Å². The van der Waals surface area contributed by atoms with Crippen LogP contribution in [-0.2, 0) is 0 Å². The average molecular weight is 178 g/mol. The van der Waals surface area contributed by atoms with Gasteiger partial charge in [-0.15, -0.1) is 11.3 Å². The lowest BCUT2D eigenvalue weighted by Crippen LogP contribution is -1.97. The summed E-state index contributed by atoms with van der Waals surface area (Å²) in [4.78, 5) is 18.8. The molecule has 0 saturated carbocycles. The maximum absolute atomic E-state index is 11.5. The Labute approximate surface area is 73.1 Å². The molecule has 2 aromatic rings. The molecule has 0 aromatic carbocycles. The number of thiophene rings is 1. The SMILES string of the molecule is O=C(c1cnc[nH]1)c1cccs1. The van der Waals surface area contributed by atoms with Crippen molar-refractivity contribution in [2.45, 2.75) is 0 Å². The van der Waals surface area contributed by atoms with Gasteiger partial charge in [0.05, 0.1) is 17.4 Å². The third-order valence-corrected chi connectivity index (χ3v) is 2.36. The quantitative estimate of drug-likeness (QED) is 0.711. The normalized spacial score (nSPS) is 10.0. The number of hydrogen-bond donors (Lipinski definition) is 1. The van der Waals surface area contributed by atoms with Crippen molar-refractivity contribution < 1.29 is 4.79 Å². The minimum atomic E-state index is 0.00231. The molecule has 0 aliphatic rings. The number of ketones is 1. The number of hydrogen-bond acceptors (Lipinski definition) is 3. The second kappa shape index (κ2) is 2.91. The molecule has 3 nitrogen and oxygen atoms in total. The van der Waals surface area contributed by atoms with Crippen molar-refractivity contribution in [1.29, 1.82) is 0 Å². The van der Waals surface area contributed by atoms with Gasteiger partial charge in [0.15, 0.2) is 0 Å². The van der Waals surface area contributed by atoms with Gasteiger partial charge in [-0.05, 0) is 11.4 Å². The molecule has 0 atom stereocenters. The Hall–Kier alpha value is -1.42. The zero-order chi connectivity index (χ0) is 8.39. The first-order chi connectivity index (χ1) is 5.88. The number of aromatic amines is 1. The van der Waals surface area contributed by atoms with Gasteiger partial charge in [-0.25, -0.2) is 4.98 Å². The highest BCUT2D eigenvalue weighted by molar-refractivity contribution is 7.12. The predicted molar refractivity (Wildman–Crippen MR) is 46.3 cm³/mol. The van der Waals surface area contributed by atoms with Gasteiger partial charge in [-0.3, -0.25) is 4.79 Å². The Morgan fingerprint density at radius 3 is 3.08 bits per heavy atom. The lowest BCUT2D eigenvalue weighted by molar-refractivity contribution is 0.103. The van der Waals surface area contributed by atoms with Crippen molar-refractivity contribution >= 4 is 17.1 Å². The van der Waals surface area contributed by atoms with Crippen molar-refractivity contribution in [1.82, 2.24) is 9.97 Å². The van der Waals surface area contributed by atoms with Crippen LogP contribution in [0.15, 0.2) is 30.0 Å². The zero-order valence-corrected chi connectivity index (χ0v) is 6.97. The molecule has 2 aromatic heterocycles. The number of nitrogens with zero attached hydrogens (tertiary/aromatic N) is 1. The lowest BCUT2D eigenvalue weighted by atomic mass is 10.2. The van der Waals surface area contributed by atoms with Crippen LogP contribution in [0.4, 0.5) is 0 Å². The van der Waals surface area contributed by atoms with Crippen LogP contribution in [0.3, 0.4) is 0 Å². The van der Waals surface area contributed by atoms with Gasteiger partial charge >= 0.3 is 0 Å². The molecular formula is C8H6N2OS. The van der Waals surface area contributed by atoms with Crippen LogP contribution < -0.4 is 0 Å². The first-order valence-corrected chi connectivity index (χ1v) is 4.32. The third kappa shape index (κ3) is 1.16. The monoisotopic (exact) mass is 178 g/mol. The van der Waals surface area contributed by atoms with Gasteiger partial charge in [-0.1, -0.05) is 6.07 Å². The van der Waals surface area contributed by atoms with E-state index in [1.54, 1.807) is 6.07 Å². The van der Waals surface area contributed by atoms with Crippen LogP contribution in [-0.4, -0.2) is 15.8 Å². The minimum Gasteiger partial charge on any atom is -0.342 e. The van der Waals surface area contributed by atoms with E-state index in [1.165, 1.54) is 23.9 Å². The fourth-order valence-electron chi connectivity index (χ4n) is 0.921. The third-order valence-electron chi connectivity index (χ3n) is 1.49. The van der Waals surface area contributed by atoms with E-state index in [4.69, 9.17) is 0 Å². The van der Waals surface area contributed by atoms with E-state index >= 15 is 0 Å². The van der Waals surface area contributed by atoms with E-state index in [9.17, 15) is 4.79 Å². The van der Waals surface area contributed by atoms with Crippen molar-refractivity contribution in [2.24, 2.45) is 0 Å². The minimum absolute atomic E-state index is 0.00231. The van der Waals surface area contributed by atoms with E-state index in [1.807, 2.05) is 11.4 Å². The standard InChI is InChI=1S/C8H6N2OS/c11-8(6-4-9-5-10-6)7-2-1-3-12-7/h1-5H,(H,9,10). The molecule has 0 aliphatic carbocycles. The fourth-order valence-corrected chi connectivity index (χ4v) is 1.60. The van der Waals surface area contributed by atoms with Gasteiger partial charge in [0.2, 0.25) is 5.78 Å². The number of carbonyl (C=O) groups is 1. The Morgan fingerprint density at radius 2 is 2.50 bits per heavy atom. The molecule has 0 spiro atoms. The number of H-pyrrole nitrogens is 1. The van der Waals surface area contributed by atoms with Gasteiger partial charge < -0.3 is 4.98 Å². The van der Waals surface area contributed by atoms with E-state index in [2.05, 4.69) is 9.97 Å². The number of imidazole rings is 1. The molecule has 2 rings (SSSR count). The maximum Gasteiger partial charge on any atom is 0.220 e. The topological polar surface area (TPSA) is 45.8 Å². The first kappa shape index (κ1) is 7.24. The zero-order valence-electron chi connectivity index (χ0n) is 6.15. The average Bonchev–Trinajstić information content (AvgIpc) is 2.77. The summed E-state index contributed by atoms with van der Waals surface area (Å²) in [6.45, 7) is 0. The summed E-state index contributed by atoms with van der Waals surface area (Å²) in [7, 11) is 0. The van der Waals surface area contributed by atoms with Crippen LogP contribution in [0, 0.1) is 0 Å². The molecule has 0 unspecified atom stereocenters. The molecule has 12 heavy (non-hydrogen) atoms. The smallest absolute Gasteiger partial charge is 0.220 e. The molecule has 4 heteroatoms. The van der Waals surface area contributed by atoms with Crippen molar-refractivity contribution in [3.8, 4) is 0 Å². The Kier molecular flexibility index (Phi) is 1.75. The van der Waals surface area contributed by atoms with Crippen molar-refractivity contribution in [3.63, 3.8) is 0 Å². The predicted octanol–water partition coefficient (Wildman–Crippen LogP) is 1.70. The summed E-state index contributed by atoms with van der Waals surface area (Å²) in [5, 5.41) is 1.88. The molecule has 0 amide bonds. The second-order valence-electron chi connectivity index (χ2n) is 2.27. The fraction of sp³-hybridized carbons (Fsp3) is 0. The first-order valence-electron chi connectivity index (χ1n) is 3.44. The van der Waals surface area contributed by atoms with Crippen LogP contribution >= 0.6 is 11.3 Å². The summed E-state index contributed by atoms with van der Waals surface area (Å²) in [5.41, 5.74) is 0.539. The molecule has 0 radical (unpaired) electrons. The van der Waals surface area contributed by atoms with Crippen molar-refractivity contribution in [3.05, 3.63) is 40.6 Å². The maximum atomic E-state index is 11.5. The van der Waals surface area contributed by atoms with Crippen LogP contribution in [0.2, 0.25) is 0 Å². The molecule has 0 saturated heterocycles. The summed E-state index contributed by atoms with van der Waals surface area (Å²) >= 11 is 1.43. The number of rotatable bonds is 2. The van der Waals surface area contributed by atoms with Gasteiger partial charge in [0.1, 0.15) is 5.69 Å². The Bertz CT molecular complexity index is 327. The molecule has 1 N–H and O–H groups in total. The number of carbonyl (C=O) groups excluding carboxylic acids is 1. The van der Waals surface area contributed by atoms with Gasteiger partial charge in [0.25, 0.3) is 0 Å². The summed E-state index contributed by atoms with van der Waals surface area (Å²) in [6.07, 6.45) is 3.03. The molecule has 0 bridgehead atoms. The summed E-state index contributed by atoms with van der Waals surface area (Å²) < 4.78 is 0. The number of nitrogens with one attached hydrogen (secondary N) is 1. The molecular weight excluding hydrogens is 172 g/mol.